The van der Waals surface area contributed by atoms with Gasteiger partial charge in [-0.2, -0.15) is 0 Å². The number of benzene rings is 2. The van der Waals surface area contributed by atoms with Crippen molar-refractivity contribution in [3.8, 4) is 0 Å². The van der Waals surface area contributed by atoms with Crippen LogP contribution >= 0.6 is 7.92 Å². The lowest BCUT2D eigenvalue weighted by Gasteiger charge is -2.21. The van der Waals surface area contributed by atoms with E-state index in [2.05, 4.69) is 69.3 Å². The third-order valence-electron chi connectivity index (χ3n) is 4.17. The van der Waals surface area contributed by atoms with Crippen LogP contribution in [-0.2, 0) is 0 Å². The molecule has 1 heteroatoms. The number of hydrogen-bond donors (Lipinski definition) is 0. The normalized spacial score (nSPS) is 12.3. The first kappa shape index (κ1) is 16.2. The molecule has 0 amide bonds. The summed E-state index contributed by atoms with van der Waals surface area (Å²) in [6, 6.07) is 17.9. The van der Waals surface area contributed by atoms with Crippen molar-refractivity contribution in [2.24, 2.45) is 0 Å². The summed E-state index contributed by atoms with van der Waals surface area (Å²) in [5, 5.41) is 3.10. The zero-order valence-electron chi connectivity index (χ0n) is 13.6. The molecular formula is C20H27P. The molecular weight excluding hydrogens is 271 g/mol. The first-order valence-electron chi connectivity index (χ1n) is 8.13. The van der Waals surface area contributed by atoms with Gasteiger partial charge in [0.15, 0.2) is 0 Å². The predicted octanol–water partition coefficient (Wildman–Crippen LogP) is 5.32. The lowest BCUT2D eigenvalue weighted by Crippen LogP contribution is -2.17. The minimum absolute atomic E-state index is 0.205. The second kappa shape index (κ2) is 8.35. The van der Waals surface area contributed by atoms with E-state index in [1.165, 1.54) is 48.3 Å². The van der Waals surface area contributed by atoms with Crippen molar-refractivity contribution in [2.75, 3.05) is 6.16 Å². The fourth-order valence-electron chi connectivity index (χ4n) is 2.72. The van der Waals surface area contributed by atoms with Gasteiger partial charge in [0.25, 0.3) is 0 Å². The summed E-state index contributed by atoms with van der Waals surface area (Å²) >= 11 is 0. The number of hydrogen-bond acceptors (Lipinski definition) is 0. The van der Waals surface area contributed by atoms with Crippen LogP contribution in [0.1, 0.15) is 43.7 Å². The van der Waals surface area contributed by atoms with Crippen LogP contribution in [0.15, 0.2) is 48.5 Å². The van der Waals surface area contributed by atoms with Crippen LogP contribution in [0, 0.1) is 13.8 Å². The van der Waals surface area contributed by atoms with Gasteiger partial charge < -0.3 is 0 Å². The highest BCUT2D eigenvalue weighted by Crippen LogP contribution is 2.36. The van der Waals surface area contributed by atoms with Crippen molar-refractivity contribution in [3.63, 3.8) is 0 Å². The largest absolute Gasteiger partial charge is 0.0654 e. The second-order valence-corrected chi connectivity index (χ2v) is 8.07. The van der Waals surface area contributed by atoms with Crippen molar-refractivity contribution in [1.29, 1.82) is 0 Å². The minimum atomic E-state index is -0.205. The third-order valence-corrected chi connectivity index (χ3v) is 6.92. The average Bonchev–Trinajstić information content (AvgIpc) is 2.52. The Morgan fingerprint density at radius 3 is 2.29 bits per heavy atom. The lowest BCUT2D eigenvalue weighted by atomic mass is 10.1. The van der Waals surface area contributed by atoms with E-state index in [9.17, 15) is 0 Å². The second-order valence-electron chi connectivity index (χ2n) is 5.77. The number of aryl methyl sites for hydroxylation is 1. The van der Waals surface area contributed by atoms with Crippen molar-refractivity contribution in [2.45, 2.75) is 46.5 Å². The minimum Gasteiger partial charge on any atom is -0.0654 e. The van der Waals surface area contributed by atoms with Crippen LogP contribution in [0.4, 0.5) is 0 Å². The molecule has 2 aromatic carbocycles. The molecule has 21 heavy (non-hydrogen) atoms. The quantitative estimate of drug-likeness (QED) is 0.479. The maximum atomic E-state index is 2.35. The average molecular weight is 298 g/mol. The number of unbranched alkanes of at least 4 members (excludes halogenated alkanes) is 3. The van der Waals surface area contributed by atoms with Gasteiger partial charge in [0.05, 0.1) is 0 Å². The zero-order chi connectivity index (χ0) is 15.1. The Kier molecular flexibility index (Phi) is 6.46. The van der Waals surface area contributed by atoms with Gasteiger partial charge in [0.2, 0.25) is 0 Å². The van der Waals surface area contributed by atoms with Gasteiger partial charge in [-0.05, 0) is 56.1 Å². The van der Waals surface area contributed by atoms with Crippen LogP contribution in [0.2, 0.25) is 0 Å². The molecule has 0 aliphatic carbocycles. The van der Waals surface area contributed by atoms with E-state index in [0.29, 0.717) is 0 Å². The van der Waals surface area contributed by atoms with Crippen LogP contribution in [0.25, 0.3) is 0 Å². The summed E-state index contributed by atoms with van der Waals surface area (Å²) in [5.74, 6) is 0. The number of rotatable bonds is 7. The summed E-state index contributed by atoms with van der Waals surface area (Å²) < 4.78 is 0. The molecule has 1 atom stereocenters. The van der Waals surface area contributed by atoms with E-state index in [4.69, 9.17) is 0 Å². The molecule has 0 nitrogen and oxygen atoms in total. The molecule has 0 saturated heterocycles. The summed E-state index contributed by atoms with van der Waals surface area (Å²) in [5.41, 5.74) is 2.91. The molecule has 1 unspecified atom stereocenters. The molecule has 0 aliphatic heterocycles. The van der Waals surface area contributed by atoms with Crippen molar-refractivity contribution in [1.82, 2.24) is 0 Å². The Morgan fingerprint density at radius 1 is 0.810 bits per heavy atom. The molecule has 0 N–H and O–H groups in total. The lowest BCUT2D eigenvalue weighted by molar-refractivity contribution is 0.705. The maximum absolute atomic E-state index is 2.35. The van der Waals surface area contributed by atoms with E-state index in [1.54, 1.807) is 5.30 Å². The Labute approximate surface area is 131 Å². The first-order valence-corrected chi connectivity index (χ1v) is 9.65. The molecule has 0 radical (unpaired) electrons. The van der Waals surface area contributed by atoms with E-state index in [0.717, 1.165) is 0 Å². The van der Waals surface area contributed by atoms with E-state index in [-0.39, 0.29) is 7.92 Å². The standard InChI is InChI=1S/C20H27P/c1-4-5-6-10-16-21(19-13-8-7-9-14-19)20-15-11-12-17(2)18(20)3/h7-9,11-15H,4-6,10,16H2,1-3H3. The Bertz CT molecular complexity index is 545. The summed E-state index contributed by atoms with van der Waals surface area (Å²) in [6.45, 7) is 6.80. The van der Waals surface area contributed by atoms with E-state index in [1.807, 2.05) is 0 Å². The predicted molar refractivity (Wildman–Crippen MR) is 97.6 cm³/mol. The van der Waals surface area contributed by atoms with Gasteiger partial charge in [-0.1, -0.05) is 74.7 Å². The van der Waals surface area contributed by atoms with Gasteiger partial charge in [-0.25, -0.2) is 0 Å². The molecule has 112 valence electrons. The zero-order valence-corrected chi connectivity index (χ0v) is 14.5. The van der Waals surface area contributed by atoms with Gasteiger partial charge in [0, 0.05) is 0 Å². The Balaban J connectivity index is 2.25. The first-order chi connectivity index (χ1) is 10.2. The molecule has 0 aliphatic rings. The van der Waals surface area contributed by atoms with Gasteiger partial charge in [-0.15, -0.1) is 0 Å². The molecule has 2 rings (SSSR count). The molecule has 0 bridgehead atoms. The summed E-state index contributed by atoms with van der Waals surface area (Å²) in [6.07, 6.45) is 6.72. The molecule has 0 saturated carbocycles. The molecule has 0 fully saturated rings. The van der Waals surface area contributed by atoms with Crippen LogP contribution in [0.5, 0.6) is 0 Å². The highest BCUT2D eigenvalue weighted by Gasteiger charge is 2.15. The SMILES string of the molecule is CCCCCCP(c1ccccc1)c1cccc(C)c1C. The van der Waals surface area contributed by atoms with Gasteiger partial charge in [-0.3, -0.25) is 0 Å². The summed E-state index contributed by atoms with van der Waals surface area (Å²) in [4.78, 5) is 0. The van der Waals surface area contributed by atoms with Crippen molar-refractivity contribution < 1.29 is 0 Å². The van der Waals surface area contributed by atoms with Gasteiger partial charge in [0.1, 0.15) is 0 Å². The molecule has 0 aromatic heterocycles. The summed E-state index contributed by atoms with van der Waals surface area (Å²) in [7, 11) is -0.205. The topological polar surface area (TPSA) is 0 Å². The Hall–Kier alpha value is -1.13. The fourth-order valence-corrected chi connectivity index (χ4v) is 5.42. The highest BCUT2D eigenvalue weighted by molar-refractivity contribution is 7.73. The monoisotopic (exact) mass is 298 g/mol. The molecule has 0 heterocycles. The van der Waals surface area contributed by atoms with Crippen molar-refractivity contribution >= 4 is 18.5 Å². The third kappa shape index (κ3) is 4.42. The van der Waals surface area contributed by atoms with Crippen LogP contribution < -0.4 is 10.6 Å². The Morgan fingerprint density at radius 2 is 1.57 bits per heavy atom. The molecule has 0 spiro atoms. The fraction of sp³-hybridized carbons (Fsp3) is 0.400. The smallest absolute Gasteiger partial charge is 0.0163 e. The van der Waals surface area contributed by atoms with Gasteiger partial charge >= 0.3 is 0 Å². The van der Waals surface area contributed by atoms with E-state index < -0.39 is 0 Å². The van der Waals surface area contributed by atoms with Crippen molar-refractivity contribution in [3.05, 3.63) is 59.7 Å². The maximum Gasteiger partial charge on any atom is -0.0163 e. The highest BCUT2D eigenvalue weighted by atomic mass is 31.1. The molecule has 2 aromatic rings. The van der Waals surface area contributed by atoms with E-state index >= 15 is 0 Å². The van der Waals surface area contributed by atoms with Crippen LogP contribution in [-0.4, -0.2) is 6.16 Å². The van der Waals surface area contributed by atoms with Crippen LogP contribution in [0.3, 0.4) is 0 Å².